The second kappa shape index (κ2) is 6.95. The van der Waals surface area contributed by atoms with E-state index in [1.165, 1.54) is 6.08 Å². The smallest absolute Gasteiger partial charge is 0.262 e. The molecule has 112 valence electrons. The van der Waals surface area contributed by atoms with Crippen molar-refractivity contribution in [2.75, 3.05) is 31.2 Å². The molecule has 0 atom stereocenters. The zero-order valence-corrected chi connectivity index (χ0v) is 12.3. The van der Waals surface area contributed by atoms with E-state index in [1.807, 2.05) is 26.0 Å². The number of hydrogen-bond acceptors (Lipinski definition) is 5. The SMILES string of the molecule is CC(C)NC(=O)/C(C#N)=C\c1ccc(N2CCOCC2)o1. The van der Waals surface area contributed by atoms with Gasteiger partial charge in [0.2, 0.25) is 0 Å². The lowest BCUT2D eigenvalue weighted by atomic mass is 10.2. The van der Waals surface area contributed by atoms with E-state index in [9.17, 15) is 4.79 Å². The van der Waals surface area contributed by atoms with Crippen LogP contribution in [0.2, 0.25) is 0 Å². The molecule has 1 saturated heterocycles. The number of carbonyl (C=O) groups is 1. The molecule has 1 aliphatic heterocycles. The molecule has 6 nitrogen and oxygen atoms in total. The number of morpholine rings is 1. The average Bonchev–Trinajstić information content (AvgIpc) is 2.93. The third-order valence-electron chi connectivity index (χ3n) is 3.01. The Morgan fingerprint density at radius 2 is 2.14 bits per heavy atom. The molecule has 1 aliphatic rings. The molecule has 0 saturated carbocycles. The van der Waals surface area contributed by atoms with Crippen molar-refractivity contribution in [1.82, 2.24) is 5.32 Å². The van der Waals surface area contributed by atoms with Crippen molar-refractivity contribution in [1.29, 1.82) is 5.26 Å². The molecule has 21 heavy (non-hydrogen) atoms. The number of furan rings is 1. The topological polar surface area (TPSA) is 78.5 Å². The lowest BCUT2D eigenvalue weighted by Crippen LogP contribution is -2.35. The van der Waals surface area contributed by atoms with Gasteiger partial charge in [0.1, 0.15) is 17.4 Å². The number of amides is 1. The van der Waals surface area contributed by atoms with Gasteiger partial charge in [0.05, 0.1) is 13.2 Å². The number of rotatable bonds is 4. The summed E-state index contributed by atoms with van der Waals surface area (Å²) in [4.78, 5) is 13.9. The molecule has 2 heterocycles. The Balaban J connectivity index is 2.10. The lowest BCUT2D eigenvalue weighted by Gasteiger charge is -2.26. The third kappa shape index (κ3) is 4.10. The van der Waals surface area contributed by atoms with E-state index in [0.29, 0.717) is 19.0 Å². The summed E-state index contributed by atoms with van der Waals surface area (Å²) < 4.78 is 11.0. The van der Waals surface area contributed by atoms with Crippen LogP contribution in [0.5, 0.6) is 0 Å². The summed E-state index contributed by atoms with van der Waals surface area (Å²) in [5.74, 6) is 0.829. The molecule has 2 rings (SSSR count). The van der Waals surface area contributed by atoms with Crippen LogP contribution in [0.25, 0.3) is 6.08 Å². The standard InChI is InChI=1S/C15H19N3O3/c1-11(2)17-15(19)12(10-16)9-13-3-4-14(21-13)18-5-7-20-8-6-18/h3-4,9,11H,5-8H2,1-2H3,(H,17,19)/b12-9-. The van der Waals surface area contributed by atoms with E-state index in [-0.39, 0.29) is 11.6 Å². The molecule has 0 radical (unpaired) electrons. The number of nitrogens with one attached hydrogen (secondary N) is 1. The Morgan fingerprint density at radius 1 is 1.43 bits per heavy atom. The van der Waals surface area contributed by atoms with E-state index in [0.717, 1.165) is 19.0 Å². The molecule has 6 heteroatoms. The van der Waals surface area contributed by atoms with Gasteiger partial charge in [-0.2, -0.15) is 5.26 Å². The van der Waals surface area contributed by atoms with Crippen LogP contribution in [0.3, 0.4) is 0 Å². The summed E-state index contributed by atoms with van der Waals surface area (Å²) in [5.41, 5.74) is 0.0339. The first-order chi connectivity index (χ1) is 10.1. The first-order valence-electron chi connectivity index (χ1n) is 6.95. The highest BCUT2D eigenvalue weighted by atomic mass is 16.5. The Morgan fingerprint density at radius 3 is 2.76 bits per heavy atom. The highest BCUT2D eigenvalue weighted by molar-refractivity contribution is 6.01. The second-order valence-electron chi connectivity index (χ2n) is 5.07. The molecule has 0 aliphatic carbocycles. The first-order valence-corrected chi connectivity index (χ1v) is 6.95. The fourth-order valence-corrected chi connectivity index (χ4v) is 2.00. The summed E-state index contributed by atoms with van der Waals surface area (Å²) in [6.45, 7) is 6.58. The van der Waals surface area contributed by atoms with E-state index >= 15 is 0 Å². The predicted molar refractivity (Wildman–Crippen MR) is 78.6 cm³/mol. The van der Waals surface area contributed by atoms with E-state index in [2.05, 4.69) is 10.2 Å². The van der Waals surface area contributed by atoms with Gasteiger partial charge in [-0.3, -0.25) is 4.79 Å². The summed E-state index contributed by atoms with van der Waals surface area (Å²) in [6.07, 6.45) is 1.46. The quantitative estimate of drug-likeness (QED) is 0.672. The van der Waals surface area contributed by atoms with E-state index in [1.54, 1.807) is 6.07 Å². The van der Waals surface area contributed by atoms with Crippen LogP contribution >= 0.6 is 0 Å². The van der Waals surface area contributed by atoms with Gasteiger partial charge in [-0.15, -0.1) is 0 Å². The van der Waals surface area contributed by atoms with Crippen LogP contribution in [0.4, 0.5) is 5.88 Å². The number of carbonyl (C=O) groups excluding carboxylic acids is 1. The minimum atomic E-state index is -0.392. The normalized spacial score (nSPS) is 15.9. The zero-order chi connectivity index (χ0) is 15.2. The average molecular weight is 289 g/mol. The van der Waals surface area contributed by atoms with Crippen LogP contribution < -0.4 is 10.2 Å². The van der Waals surface area contributed by atoms with Crippen LogP contribution in [0.15, 0.2) is 22.1 Å². The molecule has 1 aromatic rings. The highest BCUT2D eigenvalue weighted by Gasteiger charge is 2.15. The first kappa shape index (κ1) is 15.1. The number of hydrogen-bond donors (Lipinski definition) is 1. The molecule has 1 N–H and O–H groups in total. The van der Waals surface area contributed by atoms with Crippen molar-refractivity contribution in [2.45, 2.75) is 19.9 Å². The van der Waals surface area contributed by atoms with Crippen molar-refractivity contribution in [3.8, 4) is 6.07 Å². The Kier molecular flexibility index (Phi) is 5.01. The lowest BCUT2D eigenvalue weighted by molar-refractivity contribution is -0.117. The van der Waals surface area contributed by atoms with Crippen molar-refractivity contribution in [2.24, 2.45) is 0 Å². The molecule has 1 amide bonds. The fourth-order valence-electron chi connectivity index (χ4n) is 2.00. The van der Waals surface area contributed by atoms with Gasteiger partial charge < -0.3 is 19.4 Å². The van der Waals surface area contributed by atoms with Gasteiger partial charge in [0, 0.05) is 31.3 Å². The molecule has 0 bridgehead atoms. The minimum absolute atomic E-state index is 0.0187. The van der Waals surface area contributed by atoms with Gasteiger partial charge >= 0.3 is 0 Å². The van der Waals surface area contributed by atoms with Crippen molar-refractivity contribution in [3.63, 3.8) is 0 Å². The molecular weight excluding hydrogens is 270 g/mol. The van der Waals surface area contributed by atoms with Gasteiger partial charge in [-0.05, 0) is 19.9 Å². The van der Waals surface area contributed by atoms with Gasteiger partial charge in [-0.25, -0.2) is 0 Å². The molecule has 0 spiro atoms. The fraction of sp³-hybridized carbons (Fsp3) is 0.467. The van der Waals surface area contributed by atoms with Gasteiger partial charge in [0.15, 0.2) is 5.88 Å². The molecule has 0 aromatic carbocycles. The largest absolute Gasteiger partial charge is 0.441 e. The maximum Gasteiger partial charge on any atom is 0.262 e. The molecule has 1 aromatic heterocycles. The van der Waals surface area contributed by atoms with Crippen molar-refractivity contribution in [3.05, 3.63) is 23.5 Å². The number of anilines is 1. The third-order valence-corrected chi connectivity index (χ3v) is 3.01. The zero-order valence-electron chi connectivity index (χ0n) is 12.3. The molecular formula is C15H19N3O3. The van der Waals surface area contributed by atoms with E-state index in [4.69, 9.17) is 14.4 Å². The number of nitriles is 1. The number of nitrogens with zero attached hydrogens (tertiary/aromatic N) is 2. The van der Waals surface area contributed by atoms with Crippen LogP contribution in [0.1, 0.15) is 19.6 Å². The summed E-state index contributed by atoms with van der Waals surface area (Å²) >= 11 is 0. The summed E-state index contributed by atoms with van der Waals surface area (Å²) in [7, 11) is 0. The Bertz CT molecular complexity index is 563. The van der Waals surface area contributed by atoms with Crippen LogP contribution in [-0.4, -0.2) is 38.3 Å². The van der Waals surface area contributed by atoms with Gasteiger partial charge in [0.25, 0.3) is 5.91 Å². The molecule has 0 unspecified atom stereocenters. The predicted octanol–water partition coefficient (Wildman–Crippen LogP) is 1.55. The monoisotopic (exact) mass is 289 g/mol. The van der Waals surface area contributed by atoms with E-state index < -0.39 is 5.91 Å². The maximum atomic E-state index is 11.8. The van der Waals surface area contributed by atoms with Gasteiger partial charge in [-0.1, -0.05) is 0 Å². The summed E-state index contributed by atoms with van der Waals surface area (Å²) in [6, 6.07) is 5.48. The summed E-state index contributed by atoms with van der Waals surface area (Å²) in [5, 5.41) is 11.8. The van der Waals surface area contributed by atoms with Crippen LogP contribution in [-0.2, 0) is 9.53 Å². The minimum Gasteiger partial charge on any atom is -0.441 e. The Labute approximate surface area is 124 Å². The van der Waals surface area contributed by atoms with Crippen molar-refractivity contribution < 1.29 is 13.9 Å². The Hall–Kier alpha value is -2.26. The second-order valence-corrected chi connectivity index (χ2v) is 5.07. The van der Waals surface area contributed by atoms with Crippen molar-refractivity contribution >= 4 is 17.9 Å². The highest BCUT2D eigenvalue weighted by Crippen LogP contribution is 2.21. The molecule has 1 fully saturated rings. The van der Waals surface area contributed by atoms with Crippen LogP contribution in [0, 0.1) is 11.3 Å². The maximum absolute atomic E-state index is 11.8. The number of ether oxygens (including phenoxy) is 1.